The minimum absolute atomic E-state index is 0.0597. The largest absolute Gasteiger partial charge is 0.340 e. The van der Waals surface area contributed by atoms with Crippen LogP contribution in [0.5, 0.6) is 0 Å². The molecular weight excluding hydrogens is 381 g/mol. The molecule has 0 saturated carbocycles. The number of anilines is 1. The van der Waals surface area contributed by atoms with Gasteiger partial charge in [-0.3, -0.25) is 14.5 Å². The van der Waals surface area contributed by atoms with Crippen molar-refractivity contribution in [2.24, 2.45) is 0 Å². The van der Waals surface area contributed by atoms with Crippen LogP contribution in [0.3, 0.4) is 0 Å². The van der Waals surface area contributed by atoms with Crippen molar-refractivity contribution < 1.29 is 14.0 Å². The summed E-state index contributed by atoms with van der Waals surface area (Å²) in [6.45, 7) is 2.71. The Morgan fingerprint density at radius 2 is 1.79 bits per heavy atom. The average molecular weight is 404 g/mol. The number of benzene rings is 2. The first-order valence-corrected chi connectivity index (χ1v) is 9.68. The third-order valence-electron chi connectivity index (χ3n) is 4.76. The van der Waals surface area contributed by atoms with Gasteiger partial charge in [0.05, 0.1) is 17.3 Å². The molecule has 148 valence electrons. The molecule has 1 N–H and O–H groups in total. The number of carbonyl (C=O) groups is 2. The van der Waals surface area contributed by atoms with Crippen molar-refractivity contribution in [3.05, 3.63) is 64.9 Å². The Balaban J connectivity index is 1.40. The zero-order chi connectivity index (χ0) is 19.9. The van der Waals surface area contributed by atoms with E-state index >= 15 is 0 Å². The van der Waals surface area contributed by atoms with Gasteiger partial charge in [-0.1, -0.05) is 35.9 Å². The first kappa shape index (κ1) is 20.3. The molecule has 3 rings (SSSR count). The number of halogens is 2. The number of amides is 2. The van der Waals surface area contributed by atoms with E-state index < -0.39 is 0 Å². The van der Waals surface area contributed by atoms with Gasteiger partial charge in [0, 0.05) is 32.6 Å². The fourth-order valence-corrected chi connectivity index (χ4v) is 3.40. The maximum absolute atomic E-state index is 13.2. The van der Waals surface area contributed by atoms with E-state index in [2.05, 4.69) is 5.32 Å². The molecule has 0 aliphatic carbocycles. The fraction of sp³-hybridized carbons (Fsp3) is 0.333. The van der Waals surface area contributed by atoms with E-state index in [4.69, 9.17) is 11.6 Å². The summed E-state index contributed by atoms with van der Waals surface area (Å²) in [6, 6.07) is 13.4. The first-order valence-electron chi connectivity index (χ1n) is 9.30. The summed E-state index contributed by atoms with van der Waals surface area (Å²) in [7, 11) is 0. The van der Waals surface area contributed by atoms with E-state index in [1.165, 1.54) is 12.1 Å². The minimum Gasteiger partial charge on any atom is -0.340 e. The summed E-state index contributed by atoms with van der Waals surface area (Å²) in [5, 5.41) is 3.31. The molecule has 2 aromatic carbocycles. The predicted octanol–water partition coefficient (Wildman–Crippen LogP) is 3.19. The van der Waals surface area contributed by atoms with Gasteiger partial charge in [-0.15, -0.1) is 0 Å². The van der Waals surface area contributed by atoms with Gasteiger partial charge in [0.15, 0.2) is 0 Å². The quantitative estimate of drug-likeness (QED) is 0.805. The van der Waals surface area contributed by atoms with E-state index in [-0.39, 0.29) is 24.2 Å². The van der Waals surface area contributed by atoms with Gasteiger partial charge >= 0.3 is 0 Å². The second kappa shape index (κ2) is 9.66. The van der Waals surface area contributed by atoms with Crippen molar-refractivity contribution in [2.45, 2.75) is 12.8 Å². The lowest BCUT2D eigenvalue weighted by Gasteiger charge is -2.34. The van der Waals surface area contributed by atoms with Gasteiger partial charge in [-0.05, 0) is 36.2 Å². The SMILES string of the molecule is O=C(CN1CCN(C(=O)CCc2cccc(F)c2)CC1)Nc1ccccc1Cl. The molecule has 2 aromatic rings. The molecule has 0 unspecified atom stereocenters. The van der Waals surface area contributed by atoms with E-state index in [9.17, 15) is 14.0 Å². The molecule has 7 heteroatoms. The lowest BCUT2D eigenvalue weighted by atomic mass is 10.1. The Morgan fingerprint density at radius 3 is 2.50 bits per heavy atom. The number of nitrogens with one attached hydrogen (secondary N) is 1. The van der Waals surface area contributed by atoms with Crippen LogP contribution in [0.25, 0.3) is 0 Å². The second-order valence-corrected chi connectivity index (χ2v) is 7.22. The molecule has 1 heterocycles. The summed E-state index contributed by atoms with van der Waals surface area (Å²) in [5.74, 6) is -0.350. The van der Waals surface area contributed by atoms with E-state index in [0.717, 1.165) is 5.56 Å². The molecule has 0 atom stereocenters. The van der Waals surface area contributed by atoms with Gasteiger partial charge in [0.1, 0.15) is 5.82 Å². The van der Waals surface area contributed by atoms with Crippen LogP contribution >= 0.6 is 11.6 Å². The normalized spacial score (nSPS) is 14.7. The van der Waals surface area contributed by atoms with Crippen LogP contribution < -0.4 is 5.32 Å². The second-order valence-electron chi connectivity index (χ2n) is 6.81. The van der Waals surface area contributed by atoms with Gasteiger partial charge in [-0.25, -0.2) is 4.39 Å². The smallest absolute Gasteiger partial charge is 0.238 e. The number of para-hydroxylation sites is 1. The Kier molecular flexibility index (Phi) is 7.01. The van der Waals surface area contributed by atoms with Crippen LogP contribution in [-0.4, -0.2) is 54.3 Å². The van der Waals surface area contributed by atoms with Crippen molar-refractivity contribution in [3.8, 4) is 0 Å². The number of rotatable bonds is 6. The van der Waals surface area contributed by atoms with Gasteiger partial charge in [0.2, 0.25) is 11.8 Å². The maximum atomic E-state index is 13.2. The molecule has 5 nitrogen and oxygen atoms in total. The molecule has 1 fully saturated rings. The first-order chi connectivity index (χ1) is 13.5. The zero-order valence-electron chi connectivity index (χ0n) is 15.5. The van der Waals surface area contributed by atoms with Crippen molar-refractivity contribution in [1.82, 2.24) is 9.80 Å². The molecule has 1 aliphatic heterocycles. The fourth-order valence-electron chi connectivity index (χ4n) is 3.21. The Morgan fingerprint density at radius 1 is 1.04 bits per heavy atom. The number of piperazine rings is 1. The van der Waals surface area contributed by atoms with E-state index in [1.807, 2.05) is 28.0 Å². The molecule has 0 radical (unpaired) electrons. The highest BCUT2D eigenvalue weighted by atomic mass is 35.5. The minimum atomic E-state index is -0.284. The standard InChI is InChI=1S/C21H23ClFN3O2/c22-18-6-1-2-7-19(18)24-20(27)15-25-10-12-26(13-11-25)21(28)9-8-16-4-3-5-17(23)14-16/h1-7,14H,8-13,15H2,(H,24,27). The molecular formula is C21H23ClFN3O2. The summed E-state index contributed by atoms with van der Waals surface area (Å²) < 4.78 is 13.2. The highest BCUT2D eigenvalue weighted by Gasteiger charge is 2.22. The maximum Gasteiger partial charge on any atom is 0.238 e. The van der Waals surface area contributed by atoms with Crippen LogP contribution in [-0.2, 0) is 16.0 Å². The molecule has 2 amide bonds. The molecule has 0 spiro atoms. The highest BCUT2D eigenvalue weighted by molar-refractivity contribution is 6.33. The summed E-state index contributed by atoms with van der Waals surface area (Å²) in [6.07, 6.45) is 0.882. The van der Waals surface area contributed by atoms with Crippen molar-refractivity contribution in [1.29, 1.82) is 0 Å². The lowest BCUT2D eigenvalue weighted by molar-refractivity contribution is -0.133. The third-order valence-corrected chi connectivity index (χ3v) is 5.09. The van der Waals surface area contributed by atoms with Crippen LogP contribution in [0, 0.1) is 5.82 Å². The third kappa shape index (κ3) is 5.78. The Labute approximate surface area is 169 Å². The number of hydrogen-bond acceptors (Lipinski definition) is 3. The number of aryl methyl sites for hydroxylation is 1. The number of hydrogen-bond donors (Lipinski definition) is 1. The van der Waals surface area contributed by atoms with Crippen LogP contribution in [0.15, 0.2) is 48.5 Å². The van der Waals surface area contributed by atoms with Crippen molar-refractivity contribution in [3.63, 3.8) is 0 Å². The van der Waals surface area contributed by atoms with E-state index in [1.54, 1.807) is 18.2 Å². The zero-order valence-corrected chi connectivity index (χ0v) is 16.3. The molecule has 1 aliphatic rings. The van der Waals surface area contributed by atoms with E-state index in [0.29, 0.717) is 49.7 Å². The lowest BCUT2D eigenvalue weighted by Crippen LogP contribution is -2.50. The van der Waals surface area contributed by atoms with Gasteiger partial charge in [-0.2, -0.15) is 0 Å². The molecule has 28 heavy (non-hydrogen) atoms. The van der Waals surface area contributed by atoms with Crippen LogP contribution in [0.1, 0.15) is 12.0 Å². The van der Waals surface area contributed by atoms with Crippen molar-refractivity contribution in [2.75, 3.05) is 38.0 Å². The van der Waals surface area contributed by atoms with Gasteiger partial charge < -0.3 is 10.2 Å². The number of carbonyl (C=O) groups excluding carboxylic acids is 2. The molecule has 1 saturated heterocycles. The van der Waals surface area contributed by atoms with Crippen LogP contribution in [0.2, 0.25) is 5.02 Å². The monoisotopic (exact) mass is 403 g/mol. The van der Waals surface area contributed by atoms with Crippen LogP contribution in [0.4, 0.5) is 10.1 Å². The summed E-state index contributed by atoms with van der Waals surface area (Å²) in [5.41, 5.74) is 1.42. The summed E-state index contributed by atoms with van der Waals surface area (Å²) in [4.78, 5) is 28.4. The number of nitrogens with zero attached hydrogens (tertiary/aromatic N) is 2. The molecule has 0 bridgehead atoms. The summed E-state index contributed by atoms with van der Waals surface area (Å²) >= 11 is 6.05. The Bertz CT molecular complexity index is 838. The molecule has 0 aromatic heterocycles. The average Bonchev–Trinajstić information content (AvgIpc) is 2.68. The predicted molar refractivity (Wildman–Crippen MR) is 108 cm³/mol. The topological polar surface area (TPSA) is 52.7 Å². The van der Waals surface area contributed by atoms with Crippen molar-refractivity contribution >= 4 is 29.1 Å². The highest BCUT2D eigenvalue weighted by Crippen LogP contribution is 2.20. The van der Waals surface area contributed by atoms with Gasteiger partial charge in [0.25, 0.3) is 0 Å². The Hall–Kier alpha value is -2.44.